The van der Waals surface area contributed by atoms with Gasteiger partial charge in [-0.2, -0.15) is 0 Å². The molecule has 4 nitrogen and oxygen atoms in total. The predicted molar refractivity (Wildman–Crippen MR) is 71.3 cm³/mol. The molecule has 96 valence electrons. The normalized spacial score (nSPS) is 11.6. The number of hydrogen-bond acceptors (Lipinski definition) is 4. The fourth-order valence-electron chi connectivity index (χ4n) is 1.13. The number of halogens is 2. The molecule has 0 saturated carbocycles. The molecule has 0 aliphatic rings. The summed E-state index contributed by atoms with van der Waals surface area (Å²) in [5, 5.41) is 3.17. The molecule has 0 bridgehead atoms. The summed E-state index contributed by atoms with van der Waals surface area (Å²) in [5.41, 5.74) is -0.396. The van der Waals surface area contributed by atoms with E-state index in [0.29, 0.717) is 23.5 Å². The van der Waals surface area contributed by atoms with Gasteiger partial charge < -0.3 is 10.1 Å². The molecule has 0 unspecified atom stereocenters. The molecule has 1 aromatic heterocycles. The van der Waals surface area contributed by atoms with Crippen molar-refractivity contribution >= 4 is 29.0 Å². The SMILES string of the molecule is CC(C)Oc1cc(NC(C)(CCl)CCl)ncn1. The molecule has 0 spiro atoms. The Bertz CT molecular complexity index is 356. The summed E-state index contributed by atoms with van der Waals surface area (Å²) in [6, 6.07) is 1.73. The van der Waals surface area contributed by atoms with Crippen LogP contribution in [-0.4, -0.2) is 33.4 Å². The van der Waals surface area contributed by atoms with Crippen molar-refractivity contribution in [1.29, 1.82) is 0 Å². The molecule has 0 aliphatic carbocycles. The smallest absolute Gasteiger partial charge is 0.218 e. The monoisotopic (exact) mass is 277 g/mol. The molecule has 0 radical (unpaired) electrons. The van der Waals surface area contributed by atoms with Crippen LogP contribution in [0.5, 0.6) is 5.88 Å². The first kappa shape index (κ1) is 14.3. The largest absolute Gasteiger partial charge is 0.475 e. The molecule has 1 N–H and O–H groups in total. The topological polar surface area (TPSA) is 47.0 Å². The molecule has 0 aromatic carbocycles. The van der Waals surface area contributed by atoms with Crippen molar-refractivity contribution in [2.45, 2.75) is 32.4 Å². The Kier molecular flexibility index (Phi) is 5.28. The van der Waals surface area contributed by atoms with Gasteiger partial charge in [-0.15, -0.1) is 23.2 Å². The van der Waals surface area contributed by atoms with E-state index in [1.165, 1.54) is 6.33 Å². The fraction of sp³-hybridized carbons (Fsp3) is 0.636. The summed E-state index contributed by atoms with van der Waals surface area (Å²) >= 11 is 11.7. The predicted octanol–water partition coefficient (Wildman–Crippen LogP) is 2.91. The minimum absolute atomic E-state index is 0.0742. The number of ether oxygens (including phenoxy) is 1. The first-order valence-corrected chi connectivity index (χ1v) is 6.45. The van der Waals surface area contributed by atoms with E-state index >= 15 is 0 Å². The number of aromatic nitrogens is 2. The maximum atomic E-state index is 5.86. The number of alkyl halides is 2. The first-order valence-electron chi connectivity index (χ1n) is 5.38. The van der Waals surface area contributed by atoms with Crippen LogP contribution in [0.3, 0.4) is 0 Å². The summed E-state index contributed by atoms with van der Waals surface area (Å²) in [6.07, 6.45) is 1.52. The Balaban J connectivity index is 2.78. The van der Waals surface area contributed by atoms with Crippen molar-refractivity contribution in [3.63, 3.8) is 0 Å². The molecular weight excluding hydrogens is 261 g/mol. The molecule has 1 heterocycles. The van der Waals surface area contributed by atoms with Crippen LogP contribution < -0.4 is 10.1 Å². The lowest BCUT2D eigenvalue weighted by molar-refractivity contribution is 0.232. The first-order chi connectivity index (χ1) is 7.99. The maximum absolute atomic E-state index is 5.86. The summed E-state index contributed by atoms with van der Waals surface area (Å²) in [4.78, 5) is 8.13. The zero-order valence-electron chi connectivity index (χ0n) is 10.2. The van der Waals surface area contributed by atoms with E-state index in [4.69, 9.17) is 27.9 Å². The van der Waals surface area contributed by atoms with E-state index in [9.17, 15) is 0 Å². The van der Waals surface area contributed by atoms with Crippen LogP contribution in [0.2, 0.25) is 0 Å². The van der Waals surface area contributed by atoms with Crippen LogP contribution in [0.1, 0.15) is 20.8 Å². The van der Waals surface area contributed by atoms with Gasteiger partial charge in [0.15, 0.2) is 0 Å². The van der Waals surface area contributed by atoms with Crippen molar-refractivity contribution in [2.75, 3.05) is 17.1 Å². The van der Waals surface area contributed by atoms with Crippen LogP contribution in [0.15, 0.2) is 12.4 Å². The lowest BCUT2D eigenvalue weighted by Crippen LogP contribution is -2.39. The van der Waals surface area contributed by atoms with Gasteiger partial charge in [0, 0.05) is 17.8 Å². The molecule has 0 saturated heterocycles. The zero-order chi connectivity index (χ0) is 12.9. The van der Waals surface area contributed by atoms with Gasteiger partial charge >= 0.3 is 0 Å². The lowest BCUT2D eigenvalue weighted by atomic mass is 10.1. The Hall–Kier alpha value is -0.740. The third-order valence-electron chi connectivity index (χ3n) is 2.02. The van der Waals surface area contributed by atoms with Crippen LogP contribution in [0.25, 0.3) is 0 Å². The van der Waals surface area contributed by atoms with Crippen LogP contribution in [0.4, 0.5) is 5.82 Å². The van der Waals surface area contributed by atoms with Gasteiger partial charge in [0.25, 0.3) is 0 Å². The standard InChI is InChI=1S/C11H17Cl2N3O/c1-8(2)17-10-4-9(14-7-15-10)16-11(3,5-12)6-13/h4,7-8H,5-6H2,1-3H3,(H,14,15,16). The summed E-state index contributed by atoms with van der Waals surface area (Å²) < 4.78 is 5.48. The van der Waals surface area contributed by atoms with Gasteiger partial charge in [-0.05, 0) is 20.8 Å². The molecule has 0 fully saturated rings. The molecule has 0 atom stereocenters. The van der Waals surface area contributed by atoms with Crippen LogP contribution in [-0.2, 0) is 0 Å². The van der Waals surface area contributed by atoms with E-state index in [2.05, 4.69) is 15.3 Å². The number of rotatable bonds is 6. The van der Waals surface area contributed by atoms with Crippen LogP contribution >= 0.6 is 23.2 Å². The molecule has 17 heavy (non-hydrogen) atoms. The van der Waals surface area contributed by atoms with Gasteiger partial charge in [0.2, 0.25) is 5.88 Å². The lowest BCUT2D eigenvalue weighted by Gasteiger charge is -2.26. The summed E-state index contributed by atoms with van der Waals surface area (Å²) in [7, 11) is 0. The van der Waals surface area contributed by atoms with Gasteiger partial charge in [-0.3, -0.25) is 0 Å². The minimum Gasteiger partial charge on any atom is -0.475 e. The number of hydrogen-bond donors (Lipinski definition) is 1. The van der Waals surface area contributed by atoms with E-state index in [1.807, 2.05) is 20.8 Å². The third-order valence-corrected chi connectivity index (χ3v) is 3.20. The Labute approximate surface area is 112 Å². The van der Waals surface area contributed by atoms with E-state index < -0.39 is 5.54 Å². The van der Waals surface area contributed by atoms with E-state index in [1.54, 1.807) is 6.07 Å². The highest BCUT2D eigenvalue weighted by Crippen LogP contribution is 2.19. The Morgan fingerprint density at radius 1 is 1.35 bits per heavy atom. The molecule has 0 aliphatic heterocycles. The fourth-order valence-corrected chi connectivity index (χ4v) is 1.54. The summed E-state index contributed by atoms with van der Waals surface area (Å²) in [5.74, 6) is 1.96. The molecule has 0 amide bonds. The van der Waals surface area contributed by atoms with Crippen molar-refractivity contribution in [3.8, 4) is 5.88 Å². The molecule has 1 rings (SSSR count). The number of anilines is 1. The van der Waals surface area contributed by atoms with Crippen molar-refractivity contribution in [3.05, 3.63) is 12.4 Å². The Morgan fingerprint density at radius 2 is 2.00 bits per heavy atom. The third kappa shape index (κ3) is 4.56. The van der Waals surface area contributed by atoms with Crippen molar-refractivity contribution < 1.29 is 4.74 Å². The van der Waals surface area contributed by atoms with E-state index in [0.717, 1.165) is 0 Å². The number of nitrogens with one attached hydrogen (secondary N) is 1. The Morgan fingerprint density at radius 3 is 2.53 bits per heavy atom. The highest BCUT2D eigenvalue weighted by Gasteiger charge is 2.22. The van der Waals surface area contributed by atoms with Gasteiger partial charge in [-0.25, -0.2) is 9.97 Å². The average Bonchev–Trinajstić information content (AvgIpc) is 2.28. The second kappa shape index (κ2) is 6.26. The van der Waals surface area contributed by atoms with Crippen molar-refractivity contribution in [1.82, 2.24) is 9.97 Å². The highest BCUT2D eigenvalue weighted by molar-refractivity contribution is 6.22. The maximum Gasteiger partial charge on any atom is 0.218 e. The minimum atomic E-state index is -0.396. The molecule has 1 aromatic rings. The van der Waals surface area contributed by atoms with Gasteiger partial charge in [-0.1, -0.05) is 0 Å². The second-order valence-corrected chi connectivity index (χ2v) is 4.90. The molecular formula is C11H17Cl2N3O. The number of nitrogens with zero attached hydrogens (tertiary/aromatic N) is 2. The van der Waals surface area contributed by atoms with Crippen molar-refractivity contribution in [2.24, 2.45) is 0 Å². The van der Waals surface area contributed by atoms with Crippen LogP contribution in [0, 0.1) is 0 Å². The summed E-state index contributed by atoms with van der Waals surface area (Å²) in [6.45, 7) is 5.81. The van der Waals surface area contributed by atoms with E-state index in [-0.39, 0.29) is 6.10 Å². The average molecular weight is 278 g/mol. The highest BCUT2D eigenvalue weighted by atomic mass is 35.5. The quantitative estimate of drug-likeness (QED) is 0.813. The van der Waals surface area contributed by atoms with Gasteiger partial charge in [0.05, 0.1) is 11.6 Å². The van der Waals surface area contributed by atoms with Gasteiger partial charge in [0.1, 0.15) is 12.1 Å². The second-order valence-electron chi connectivity index (χ2n) is 4.36. The molecule has 6 heteroatoms. The zero-order valence-corrected chi connectivity index (χ0v) is 11.7.